The highest BCUT2D eigenvalue weighted by Gasteiger charge is 1.98. The zero-order chi connectivity index (χ0) is 11.2. The van der Waals surface area contributed by atoms with Gasteiger partial charge in [-0.25, -0.2) is 0 Å². The number of ether oxygens (including phenoxy) is 1. The maximum Gasteiger partial charge on any atom is 0.0809 e. The fourth-order valence-electron chi connectivity index (χ4n) is 1.51. The van der Waals surface area contributed by atoms with Crippen molar-refractivity contribution in [1.29, 1.82) is 0 Å². The maximum absolute atomic E-state index is 5.84. The number of anilines is 1. The zero-order valence-corrected chi connectivity index (χ0v) is 9.87. The Bertz CT molecular complexity index is 425. The first-order chi connectivity index (χ1) is 7.86. The molecule has 2 rings (SSSR count). The highest BCUT2D eigenvalue weighted by molar-refractivity contribution is 7.09. The van der Waals surface area contributed by atoms with Crippen LogP contribution in [0.5, 0.6) is 0 Å². The van der Waals surface area contributed by atoms with E-state index in [-0.39, 0.29) is 0 Å². The Morgan fingerprint density at radius 1 is 1.12 bits per heavy atom. The lowest BCUT2D eigenvalue weighted by atomic mass is 10.1. The molecule has 0 aliphatic heterocycles. The lowest BCUT2D eigenvalue weighted by molar-refractivity contribution is 0.126. The molecular formula is C13H15NOS. The van der Waals surface area contributed by atoms with E-state index in [2.05, 4.69) is 11.4 Å². The topological polar surface area (TPSA) is 35.2 Å². The molecule has 2 nitrogen and oxygen atoms in total. The zero-order valence-electron chi connectivity index (χ0n) is 9.06. The lowest BCUT2D eigenvalue weighted by Crippen LogP contribution is -2.01. The summed E-state index contributed by atoms with van der Waals surface area (Å²) in [4.78, 5) is 1.26. The number of hydrogen-bond donors (Lipinski definition) is 1. The monoisotopic (exact) mass is 233 g/mol. The second kappa shape index (κ2) is 5.68. The smallest absolute Gasteiger partial charge is 0.0809 e. The molecule has 0 fully saturated rings. The Balaban J connectivity index is 1.74. The summed E-state index contributed by atoms with van der Waals surface area (Å²) in [6, 6.07) is 12.1. The molecule has 1 aromatic carbocycles. The Kier molecular flexibility index (Phi) is 3.97. The molecule has 0 saturated carbocycles. The molecule has 0 spiro atoms. The molecule has 0 amide bonds. The van der Waals surface area contributed by atoms with Gasteiger partial charge in [0.2, 0.25) is 0 Å². The fraction of sp³-hybridized carbons (Fsp3) is 0.231. The number of rotatable bonds is 5. The third kappa shape index (κ3) is 3.08. The molecule has 1 aromatic heterocycles. The van der Waals surface area contributed by atoms with Crippen LogP contribution in [0.3, 0.4) is 0 Å². The average molecular weight is 233 g/mol. The minimum atomic E-state index is 0.699. The highest BCUT2D eigenvalue weighted by atomic mass is 32.1. The Morgan fingerprint density at radius 2 is 2.00 bits per heavy atom. The van der Waals surface area contributed by atoms with Gasteiger partial charge in [0.1, 0.15) is 0 Å². The molecule has 1 heterocycles. The average Bonchev–Trinajstić information content (AvgIpc) is 2.79. The Morgan fingerprint density at radius 3 is 2.75 bits per heavy atom. The minimum absolute atomic E-state index is 0.699. The van der Waals surface area contributed by atoms with Crippen LogP contribution < -0.4 is 5.73 Å². The van der Waals surface area contributed by atoms with Crippen molar-refractivity contribution in [3.63, 3.8) is 0 Å². The first-order valence-corrected chi connectivity index (χ1v) is 6.18. The summed E-state index contributed by atoms with van der Waals surface area (Å²) in [5, 5.41) is 2.06. The summed E-state index contributed by atoms with van der Waals surface area (Å²) in [7, 11) is 0. The van der Waals surface area contributed by atoms with Crippen LogP contribution in [-0.2, 0) is 17.8 Å². The quantitative estimate of drug-likeness (QED) is 0.636. The third-order valence-corrected chi connectivity index (χ3v) is 3.25. The first-order valence-electron chi connectivity index (χ1n) is 5.30. The first kappa shape index (κ1) is 11.2. The summed E-state index contributed by atoms with van der Waals surface area (Å²) in [6.45, 7) is 1.41. The van der Waals surface area contributed by atoms with E-state index in [1.54, 1.807) is 11.3 Å². The fourth-order valence-corrected chi connectivity index (χ4v) is 2.15. The van der Waals surface area contributed by atoms with Gasteiger partial charge in [-0.2, -0.15) is 0 Å². The van der Waals surface area contributed by atoms with Crippen LogP contribution in [0.2, 0.25) is 0 Å². The number of nitrogen functional groups attached to an aromatic ring is 1. The van der Waals surface area contributed by atoms with Crippen molar-refractivity contribution in [1.82, 2.24) is 0 Å². The molecule has 0 aliphatic carbocycles. The van der Waals surface area contributed by atoms with E-state index in [9.17, 15) is 0 Å². The van der Waals surface area contributed by atoms with Gasteiger partial charge < -0.3 is 10.5 Å². The van der Waals surface area contributed by atoms with Gasteiger partial charge in [0.25, 0.3) is 0 Å². The van der Waals surface area contributed by atoms with Gasteiger partial charge >= 0.3 is 0 Å². The van der Waals surface area contributed by atoms with Gasteiger partial charge in [-0.15, -0.1) is 11.3 Å². The molecule has 3 heteroatoms. The van der Waals surface area contributed by atoms with Crippen molar-refractivity contribution in [2.45, 2.75) is 13.0 Å². The van der Waals surface area contributed by atoms with E-state index >= 15 is 0 Å². The minimum Gasteiger partial charge on any atom is -0.399 e. The van der Waals surface area contributed by atoms with Crippen molar-refractivity contribution in [2.24, 2.45) is 0 Å². The largest absolute Gasteiger partial charge is 0.399 e. The lowest BCUT2D eigenvalue weighted by Gasteiger charge is -2.05. The van der Waals surface area contributed by atoms with Gasteiger partial charge in [-0.3, -0.25) is 0 Å². The Hall–Kier alpha value is -1.32. The summed E-state index contributed by atoms with van der Waals surface area (Å²) in [6.07, 6.45) is 0.873. The van der Waals surface area contributed by atoms with Crippen LogP contribution in [0.1, 0.15) is 10.4 Å². The Labute approximate surface area is 99.7 Å². The molecule has 84 valence electrons. The molecule has 0 atom stereocenters. The predicted molar refractivity (Wildman–Crippen MR) is 68.5 cm³/mol. The maximum atomic E-state index is 5.84. The van der Waals surface area contributed by atoms with E-state index in [1.807, 2.05) is 30.3 Å². The number of thiophene rings is 1. The molecule has 0 radical (unpaired) electrons. The van der Waals surface area contributed by atoms with Gasteiger partial charge in [0.15, 0.2) is 0 Å². The third-order valence-electron chi connectivity index (χ3n) is 2.40. The van der Waals surface area contributed by atoms with Crippen LogP contribution in [0.15, 0.2) is 41.8 Å². The van der Waals surface area contributed by atoms with Crippen LogP contribution in [0, 0.1) is 0 Å². The van der Waals surface area contributed by atoms with Gasteiger partial charge in [-0.05, 0) is 29.5 Å². The van der Waals surface area contributed by atoms with Gasteiger partial charge in [0, 0.05) is 10.6 Å². The second-order valence-electron chi connectivity index (χ2n) is 3.58. The van der Waals surface area contributed by atoms with E-state index in [0.29, 0.717) is 13.2 Å². The SMILES string of the molecule is Nc1ccccc1CCOCc1cccs1. The van der Waals surface area contributed by atoms with Gasteiger partial charge in [-0.1, -0.05) is 24.3 Å². The van der Waals surface area contributed by atoms with Crippen LogP contribution in [-0.4, -0.2) is 6.61 Å². The van der Waals surface area contributed by atoms with Crippen LogP contribution >= 0.6 is 11.3 Å². The van der Waals surface area contributed by atoms with Crippen LogP contribution in [0.25, 0.3) is 0 Å². The molecule has 0 aliphatic rings. The number of benzene rings is 1. The molecular weight excluding hydrogens is 218 g/mol. The summed E-state index contributed by atoms with van der Waals surface area (Å²) < 4.78 is 5.59. The van der Waals surface area contributed by atoms with E-state index in [1.165, 1.54) is 4.88 Å². The van der Waals surface area contributed by atoms with Crippen molar-refractivity contribution >= 4 is 17.0 Å². The van der Waals surface area contributed by atoms with Crippen molar-refractivity contribution in [3.8, 4) is 0 Å². The molecule has 16 heavy (non-hydrogen) atoms. The van der Waals surface area contributed by atoms with Crippen molar-refractivity contribution in [2.75, 3.05) is 12.3 Å². The van der Waals surface area contributed by atoms with Crippen molar-refractivity contribution in [3.05, 3.63) is 52.2 Å². The van der Waals surface area contributed by atoms with E-state index in [0.717, 1.165) is 17.7 Å². The molecule has 0 bridgehead atoms. The summed E-state index contributed by atoms with van der Waals surface area (Å²) in [5.74, 6) is 0. The molecule has 0 saturated heterocycles. The second-order valence-corrected chi connectivity index (χ2v) is 4.61. The van der Waals surface area contributed by atoms with Crippen molar-refractivity contribution < 1.29 is 4.74 Å². The molecule has 0 unspecified atom stereocenters. The predicted octanol–water partition coefficient (Wildman–Crippen LogP) is 3.09. The van der Waals surface area contributed by atoms with Crippen LogP contribution in [0.4, 0.5) is 5.69 Å². The number of para-hydroxylation sites is 1. The van der Waals surface area contributed by atoms with E-state index < -0.39 is 0 Å². The number of nitrogens with two attached hydrogens (primary N) is 1. The normalized spacial score (nSPS) is 10.5. The summed E-state index contributed by atoms with van der Waals surface area (Å²) >= 11 is 1.72. The molecule has 2 aromatic rings. The highest BCUT2D eigenvalue weighted by Crippen LogP contribution is 2.13. The van der Waals surface area contributed by atoms with E-state index in [4.69, 9.17) is 10.5 Å². The standard InChI is InChI=1S/C13H15NOS/c14-13-6-2-1-4-11(13)7-8-15-10-12-5-3-9-16-12/h1-6,9H,7-8,10,14H2. The summed E-state index contributed by atoms with van der Waals surface area (Å²) in [5.41, 5.74) is 7.85. The van der Waals surface area contributed by atoms with Gasteiger partial charge in [0.05, 0.1) is 13.2 Å². The molecule has 2 N–H and O–H groups in total. The number of hydrogen-bond acceptors (Lipinski definition) is 3.